The Morgan fingerprint density at radius 1 is 1.44 bits per heavy atom. The minimum Gasteiger partial charge on any atom is -0.383 e. The lowest BCUT2D eigenvalue weighted by atomic mass is 10.0. The zero-order valence-electron chi connectivity index (χ0n) is 14.0. The molecule has 3 rings (SSSR count). The summed E-state index contributed by atoms with van der Waals surface area (Å²) < 4.78 is 6.31. The molecule has 0 saturated carbocycles. The first-order valence-electron chi connectivity index (χ1n) is 7.46. The van der Waals surface area contributed by atoms with Gasteiger partial charge in [-0.15, -0.1) is 11.3 Å². The summed E-state index contributed by atoms with van der Waals surface area (Å²) in [5.41, 5.74) is 6.72. The molecular weight excluding hydrogens is 386 g/mol. The van der Waals surface area contributed by atoms with Crippen LogP contribution in [0.25, 0.3) is 10.4 Å². The lowest BCUT2D eigenvalue weighted by molar-refractivity contribution is -0.739. The number of nitrogens with one attached hydrogen (secondary N) is 1. The van der Waals surface area contributed by atoms with Crippen LogP contribution in [-0.2, 0) is 11.8 Å². The second kappa shape index (κ2) is 7.86. The molecule has 0 atom stereocenters. The monoisotopic (exact) mass is 398 g/mol. The van der Waals surface area contributed by atoms with Crippen LogP contribution >= 0.6 is 23.1 Å². The number of nitrogens with two attached hydrogens (primary N) is 1. The number of carbonyl (C=O) groups excluding carboxylic acids is 1. The molecule has 0 aliphatic heterocycles. The molecule has 27 heavy (non-hydrogen) atoms. The molecule has 0 spiro atoms. The van der Waals surface area contributed by atoms with Crippen LogP contribution in [0.1, 0.15) is 11.1 Å². The first kappa shape index (κ1) is 18.4. The van der Waals surface area contributed by atoms with E-state index in [0.717, 1.165) is 16.6 Å². The lowest BCUT2D eigenvalue weighted by Gasteiger charge is -2.11. The second-order valence-electron chi connectivity index (χ2n) is 5.20. The summed E-state index contributed by atoms with van der Waals surface area (Å²) in [4.78, 5) is 17.0. The highest BCUT2D eigenvalue weighted by Crippen LogP contribution is 2.37. The number of hydrogen-bond donors (Lipinski definition) is 2. The number of amides is 1. The zero-order valence-corrected chi connectivity index (χ0v) is 15.6. The fourth-order valence-corrected chi connectivity index (χ4v) is 3.84. The summed E-state index contributed by atoms with van der Waals surface area (Å²) in [7, 11) is 1.66. The molecule has 0 radical (unpaired) electrons. The predicted octanol–water partition coefficient (Wildman–Crippen LogP) is 1.68. The van der Waals surface area contributed by atoms with Crippen molar-refractivity contribution in [2.24, 2.45) is 7.05 Å². The van der Waals surface area contributed by atoms with E-state index in [1.54, 1.807) is 13.1 Å². The molecule has 0 aliphatic carbocycles. The Morgan fingerprint density at radius 3 is 2.81 bits per heavy atom. The number of nitrogen functional groups attached to an aromatic ring is 1. The summed E-state index contributed by atoms with van der Waals surface area (Å²) in [6.07, 6.45) is 1.51. The Balaban J connectivity index is 1.89. The summed E-state index contributed by atoms with van der Waals surface area (Å²) >= 11 is 2.44. The van der Waals surface area contributed by atoms with Crippen molar-refractivity contribution >= 4 is 40.7 Å². The van der Waals surface area contributed by atoms with Gasteiger partial charge in [-0.1, -0.05) is 22.5 Å². The van der Waals surface area contributed by atoms with Gasteiger partial charge in [-0.2, -0.15) is 10.5 Å². The van der Waals surface area contributed by atoms with Gasteiger partial charge in [0.05, 0.1) is 11.3 Å². The molecule has 0 fully saturated rings. The van der Waals surface area contributed by atoms with Gasteiger partial charge in [0, 0.05) is 10.4 Å². The van der Waals surface area contributed by atoms with Crippen molar-refractivity contribution in [1.29, 1.82) is 10.5 Å². The number of anilines is 2. The molecule has 3 aromatic rings. The van der Waals surface area contributed by atoms with Gasteiger partial charge in [-0.25, -0.2) is 4.98 Å². The highest BCUT2D eigenvalue weighted by Gasteiger charge is 2.22. The van der Waals surface area contributed by atoms with Crippen molar-refractivity contribution < 1.29 is 14.0 Å². The molecule has 9 nitrogen and oxygen atoms in total. The number of nitriles is 2. The van der Waals surface area contributed by atoms with Crippen LogP contribution < -0.4 is 15.7 Å². The summed E-state index contributed by atoms with van der Waals surface area (Å²) in [5.74, 6) is -0.162. The van der Waals surface area contributed by atoms with Crippen molar-refractivity contribution in [3.8, 4) is 22.6 Å². The van der Waals surface area contributed by atoms with E-state index in [1.165, 1.54) is 22.2 Å². The van der Waals surface area contributed by atoms with Gasteiger partial charge < -0.3 is 5.73 Å². The molecular formula is C16H12N7O2S2+. The Bertz CT molecular complexity index is 1080. The normalized spacial score (nSPS) is 10.2. The first-order chi connectivity index (χ1) is 13.0. The molecule has 3 heterocycles. The maximum Gasteiger partial charge on any atom is 0.302 e. The van der Waals surface area contributed by atoms with Crippen LogP contribution in [0.3, 0.4) is 0 Å². The van der Waals surface area contributed by atoms with Crippen LogP contribution in [0.5, 0.6) is 0 Å². The quantitative estimate of drug-likeness (QED) is 0.487. The molecule has 3 N–H and O–H groups in total. The smallest absolute Gasteiger partial charge is 0.302 e. The Hall–Kier alpha value is -3.41. The number of thiophene rings is 1. The van der Waals surface area contributed by atoms with Gasteiger partial charge >= 0.3 is 5.88 Å². The highest BCUT2D eigenvalue weighted by atomic mass is 32.2. The maximum absolute atomic E-state index is 12.1. The molecule has 0 bridgehead atoms. The molecule has 3 aromatic heterocycles. The van der Waals surface area contributed by atoms with Gasteiger partial charge in [0.15, 0.2) is 12.3 Å². The number of hydrogen-bond acceptors (Lipinski definition) is 9. The number of pyridine rings is 1. The lowest BCUT2D eigenvalue weighted by Crippen LogP contribution is -2.28. The fourth-order valence-electron chi connectivity index (χ4n) is 2.26. The van der Waals surface area contributed by atoms with Crippen molar-refractivity contribution in [3.05, 3.63) is 34.8 Å². The van der Waals surface area contributed by atoms with Crippen molar-refractivity contribution in [2.45, 2.75) is 5.03 Å². The van der Waals surface area contributed by atoms with Crippen LogP contribution in [0.15, 0.2) is 33.3 Å². The van der Waals surface area contributed by atoms with Crippen molar-refractivity contribution in [3.63, 3.8) is 0 Å². The average molecular weight is 398 g/mol. The van der Waals surface area contributed by atoms with Gasteiger partial charge in [-0.05, 0) is 11.4 Å². The molecule has 0 aromatic carbocycles. The Labute approximate surface area is 162 Å². The van der Waals surface area contributed by atoms with E-state index < -0.39 is 0 Å². The molecule has 0 unspecified atom stereocenters. The standard InChI is InChI=1S/C16H11N7O2S2/c1-23-7-13(25-22-23)20-12(24)8-27-16-10(6-18)14(11-3-2-4-26-11)9(5-17)15(19)21-16/h2-4,7H,8H2,1H3,(H2-,19,20,21,22,24)/p+1. The SMILES string of the molecule is C[n+]1cc(NC(=O)CSc2nc(N)c(C#N)c(-c3cccs3)c2C#N)on1. The molecule has 1 amide bonds. The van der Waals surface area contributed by atoms with Crippen LogP contribution in [0.4, 0.5) is 11.7 Å². The Morgan fingerprint density at radius 2 is 2.22 bits per heavy atom. The van der Waals surface area contributed by atoms with Crippen molar-refractivity contribution in [1.82, 2.24) is 10.3 Å². The zero-order chi connectivity index (χ0) is 19.4. The average Bonchev–Trinajstić information content (AvgIpc) is 3.31. The third-order valence-corrected chi connectivity index (χ3v) is 5.22. The second-order valence-corrected chi connectivity index (χ2v) is 7.12. The van der Waals surface area contributed by atoms with E-state index in [9.17, 15) is 15.3 Å². The van der Waals surface area contributed by atoms with Gasteiger partial charge in [0.25, 0.3) is 6.20 Å². The van der Waals surface area contributed by atoms with Gasteiger partial charge in [-0.3, -0.25) is 14.6 Å². The third kappa shape index (κ3) is 3.89. The maximum atomic E-state index is 12.1. The third-order valence-electron chi connectivity index (χ3n) is 3.36. The Kier molecular flexibility index (Phi) is 5.35. The number of carbonyl (C=O) groups is 1. The molecule has 0 saturated heterocycles. The van der Waals surface area contributed by atoms with E-state index in [-0.39, 0.29) is 39.5 Å². The van der Waals surface area contributed by atoms with Crippen molar-refractivity contribution in [2.75, 3.05) is 16.8 Å². The molecule has 134 valence electrons. The van der Waals surface area contributed by atoms with Gasteiger partial charge in [0.1, 0.15) is 28.5 Å². The predicted molar refractivity (Wildman–Crippen MR) is 98.4 cm³/mol. The van der Waals surface area contributed by atoms with E-state index in [2.05, 4.69) is 21.6 Å². The van der Waals surface area contributed by atoms with Gasteiger partial charge in [0.2, 0.25) is 5.91 Å². The van der Waals surface area contributed by atoms with Crippen LogP contribution in [0, 0.1) is 22.7 Å². The fraction of sp³-hybridized carbons (Fsp3) is 0.125. The summed E-state index contributed by atoms with van der Waals surface area (Å²) in [6.45, 7) is 0. The summed E-state index contributed by atoms with van der Waals surface area (Å²) in [5, 5.41) is 27.3. The van der Waals surface area contributed by atoms with E-state index >= 15 is 0 Å². The van der Waals surface area contributed by atoms with Crippen LogP contribution in [-0.4, -0.2) is 21.9 Å². The summed E-state index contributed by atoms with van der Waals surface area (Å²) in [6, 6.07) is 7.71. The minimum atomic E-state index is -0.358. The largest absolute Gasteiger partial charge is 0.383 e. The molecule has 0 aliphatic rings. The van der Waals surface area contributed by atoms with Crippen LogP contribution in [0.2, 0.25) is 0 Å². The number of aryl methyl sites for hydroxylation is 1. The van der Waals surface area contributed by atoms with E-state index in [0.29, 0.717) is 5.56 Å². The number of nitrogens with zero attached hydrogens (tertiary/aromatic N) is 5. The number of thioether (sulfide) groups is 1. The van der Waals surface area contributed by atoms with E-state index in [1.807, 2.05) is 17.5 Å². The number of rotatable bonds is 5. The minimum absolute atomic E-state index is 0.0186. The number of aromatic nitrogens is 3. The molecule has 11 heteroatoms. The first-order valence-corrected chi connectivity index (χ1v) is 9.32. The van der Waals surface area contributed by atoms with E-state index in [4.69, 9.17) is 10.3 Å². The highest BCUT2D eigenvalue weighted by molar-refractivity contribution is 8.00. The topological polar surface area (TPSA) is 146 Å².